The van der Waals surface area contributed by atoms with Crippen LogP contribution in [-0.4, -0.2) is 28.6 Å². The lowest BCUT2D eigenvalue weighted by Crippen LogP contribution is -2.23. The SMILES string of the molecule is COCCn1ncc(O)cc1=O. The molecular formula is C7H10N2O3. The fourth-order valence-electron chi connectivity index (χ4n) is 0.770. The Morgan fingerprint density at radius 2 is 2.50 bits per heavy atom. The summed E-state index contributed by atoms with van der Waals surface area (Å²) in [6, 6.07) is 1.11. The maximum Gasteiger partial charge on any atom is 0.270 e. The Kier molecular flexibility index (Phi) is 2.82. The maximum atomic E-state index is 11.0. The van der Waals surface area contributed by atoms with Crippen molar-refractivity contribution in [2.75, 3.05) is 13.7 Å². The molecule has 1 rings (SSSR count). The van der Waals surface area contributed by atoms with Gasteiger partial charge in [-0.3, -0.25) is 4.79 Å². The molecule has 5 nitrogen and oxygen atoms in total. The number of methoxy groups -OCH3 is 1. The Balaban J connectivity index is 2.80. The average molecular weight is 170 g/mol. The van der Waals surface area contributed by atoms with Crippen LogP contribution in [0.3, 0.4) is 0 Å². The number of hydrogen-bond acceptors (Lipinski definition) is 4. The zero-order chi connectivity index (χ0) is 8.97. The molecule has 1 aromatic rings. The van der Waals surface area contributed by atoms with Crippen molar-refractivity contribution in [2.24, 2.45) is 0 Å². The van der Waals surface area contributed by atoms with E-state index in [4.69, 9.17) is 9.84 Å². The van der Waals surface area contributed by atoms with Gasteiger partial charge in [0.15, 0.2) is 0 Å². The van der Waals surface area contributed by atoms with Crippen LogP contribution in [0.15, 0.2) is 17.1 Å². The average Bonchev–Trinajstić information content (AvgIpc) is 2.03. The van der Waals surface area contributed by atoms with Gasteiger partial charge in [0.1, 0.15) is 5.75 Å². The molecule has 0 saturated heterocycles. The van der Waals surface area contributed by atoms with Crippen molar-refractivity contribution >= 4 is 0 Å². The van der Waals surface area contributed by atoms with Gasteiger partial charge in [-0.1, -0.05) is 0 Å². The third-order valence-corrected chi connectivity index (χ3v) is 1.36. The minimum atomic E-state index is -0.327. The number of aromatic nitrogens is 2. The smallest absolute Gasteiger partial charge is 0.270 e. The van der Waals surface area contributed by atoms with E-state index in [1.165, 1.54) is 10.9 Å². The van der Waals surface area contributed by atoms with Crippen molar-refractivity contribution in [3.63, 3.8) is 0 Å². The van der Waals surface area contributed by atoms with Crippen molar-refractivity contribution < 1.29 is 9.84 Å². The molecule has 0 spiro atoms. The lowest BCUT2D eigenvalue weighted by molar-refractivity contribution is 0.181. The Morgan fingerprint density at radius 3 is 3.08 bits per heavy atom. The monoisotopic (exact) mass is 170 g/mol. The van der Waals surface area contributed by atoms with Gasteiger partial charge < -0.3 is 9.84 Å². The predicted octanol–water partition coefficient (Wildman–Crippen LogP) is -0.405. The summed E-state index contributed by atoms with van der Waals surface area (Å²) in [4.78, 5) is 11.0. The van der Waals surface area contributed by atoms with Gasteiger partial charge in [-0.05, 0) is 0 Å². The summed E-state index contributed by atoms with van der Waals surface area (Å²) in [7, 11) is 1.55. The zero-order valence-corrected chi connectivity index (χ0v) is 6.73. The van der Waals surface area contributed by atoms with Gasteiger partial charge in [-0.2, -0.15) is 5.10 Å². The first-order chi connectivity index (χ1) is 5.74. The number of aromatic hydroxyl groups is 1. The summed E-state index contributed by atoms with van der Waals surface area (Å²) in [6.45, 7) is 0.827. The first kappa shape index (κ1) is 8.73. The fourth-order valence-corrected chi connectivity index (χ4v) is 0.770. The summed E-state index contributed by atoms with van der Waals surface area (Å²) in [5.74, 6) is -0.117. The fraction of sp³-hybridized carbons (Fsp3) is 0.429. The lowest BCUT2D eigenvalue weighted by atomic mass is 10.5. The summed E-state index contributed by atoms with van der Waals surface area (Å²) >= 11 is 0. The van der Waals surface area contributed by atoms with Gasteiger partial charge in [-0.15, -0.1) is 0 Å². The largest absolute Gasteiger partial charge is 0.506 e. The molecule has 66 valence electrons. The molecule has 0 fully saturated rings. The lowest BCUT2D eigenvalue weighted by Gasteiger charge is -2.01. The number of hydrogen-bond donors (Lipinski definition) is 1. The molecule has 12 heavy (non-hydrogen) atoms. The van der Waals surface area contributed by atoms with Gasteiger partial charge in [0.05, 0.1) is 19.3 Å². The quantitative estimate of drug-likeness (QED) is 0.670. The molecule has 5 heteroatoms. The van der Waals surface area contributed by atoms with E-state index in [1.807, 2.05) is 0 Å². The van der Waals surface area contributed by atoms with E-state index in [2.05, 4.69) is 5.10 Å². The normalized spacial score (nSPS) is 10.1. The summed E-state index contributed by atoms with van der Waals surface area (Å²) in [5, 5.41) is 12.5. The Morgan fingerprint density at radius 1 is 1.75 bits per heavy atom. The van der Waals surface area contributed by atoms with E-state index in [-0.39, 0.29) is 11.3 Å². The summed E-state index contributed by atoms with van der Waals surface area (Å²) in [5.41, 5.74) is -0.327. The second-order valence-corrected chi connectivity index (χ2v) is 2.27. The molecule has 0 unspecified atom stereocenters. The van der Waals surface area contributed by atoms with Crippen LogP contribution in [0.25, 0.3) is 0 Å². The topological polar surface area (TPSA) is 64.3 Å². The van der Waals surface area contributed by atoms with Crippen LogP contribution in [-0.2, 0) is 11.3 Å². The van der Waals surface area contributed by atoms with E-state index < -0.39 is 0 Å². The number of ether oxygens (including phenoxy) is 1. The van der Waals surface area contributed by atoms with Crippen LogP contribution >= 0.6 is 0 Å². The third kappa shape index (κ3) is 2.06. The van der Waals surface area contributed by atoms with Crippen molar-refractivity contribution in [1.29, 1.82) is 0 Å². The van der Waals surface area contributed by atoms with Gasteiger partial charge in [-0.25, -0.2) is 4.68 Å². The van der Waals surface area contributed by atoms with E-state index in [9.17, 15) is 4.79 Å². The maximum absolute atomic E-state index is 11.0. The molecule has 0 bridgehead atoms. The minimum absolute atomic E-state index is 0.117. The Hall–Kier alpha value is -1.36. The zero-order valence-electron chi connectivity index (χ0n) is 6.73. The third-order valence-electron chi connectivity index (χ3n) is 1.36. The molecule has 0 aliphatic rings. The van der Waals surface area contributed by atoms with Crippen LogP contribution in [0.4, 0.5) is 0 Å². The van der Waals surface area contributed by atoms with E-state index in [0.717, 1.165) is 6.07 Å². The molecule has 0 aliphatic heterocycles. The second kappa shape index (κ2) is 3.87. The molecule has 1 aromatic heterocycles. The number of nitrogens with zero attached hydrogens (tertiary/aromatic N) is 2. The second-order valence-electron chi connectivity index (χ2n) is 2.27. The van der Waals surface area contributed by atoms with Gasteiger partial charge >= 0.3 is 0 Å². The van der Waals surface area contributed by atoms with Crippen molar-refractivity contribution in [3.8, 4) is 5.75 Å². The van der Waals surface area contributed by atoms with Crippen LogP contribution in [0.1, 0.15) is 0 Å². The predicted molar refractivity (Wildman–Crippen MR) is 42.0 cm³/mol. The first-order valence-electron chi connectivity index (χ1n) is 3.49. The van der Waals surface area contributed by atoms with Crippen LogP contribution in [0, 0.1) is 0 Å². The molecule has 1 heterocycles. The Bertz CT molecular complexity index is 308. The van der Waals surface area contributed by atoms with Gasteiger partial charge in [0.2, 0.25) is 0 Å². The Labute approximate surface area is 69.2 Å². The molecule has 0 amide bonds. The highest BCUT2D eigenvalue weighted by Crippen LogP contribution is 1.97. The van der Waals surface area contributed by atoms with Crippen molar-refractivity contribution in [1.82, 2.24) is 9.78 Å². The highest BCUT2D eigenvalue weighted by atomic mass is 16.5. The molecule has 1 N–H and O–H groups in total. The highest BCUT2D eigenvalue weighted by molar-refractivity contribution is 5.10. The van der Waals surface area contributed by atoms with Gasteiger partial charge in [0.25, 0.3) is 5.56 Å². The minimum Gasteiger partial charge on any atom is -0.506 e. The van der Waals surface area contributed by atoms with Crippen LogP contribution in [0.5, 0.6) is 5.75 Å². The molecule has 0 aromatic carbocycles. The van der Waals surface area contributed by atoms with Crippen molar-refractivity contribution in [3.05, 3.63) is 22.6 Å². The standard InChI is InChI=1S/C7H10N2O3/c1-12-3-2-9-7(11)4-6(10)5-8-9/h4-5,10H,2-3H2,1H3. The van der Waals surface area contributed by atoms with Crippen molar-refractivity contribution in [2.45, 2.75) is 6.54 Å². The summed E-state index contributed by atoms with van der Waals surface area (Å²) < 4.78 is 5.99. The summed E-state index contributed by atoms with van der Waals surface area (Å²) in [6.07, 6.45) is 1.22. The molecule has 0 radical (unpaired) electrons. The molecular weight excluding hydrogens is 160 g/mol. The molecule has 0 saturated carbocycles. The van der Waals surface area contributed by atoms with Crippen LogP contribution in [0.2, 0.25) is 0 Å². The first-order valence-corrected chi connectivity index (χ1v) is 3.49. The van der Waals surface area contributed by atoms with E-state index in [1.54, 1.807) is 7.11 Å². The highest BCUT2D eigenvalue weighted by Gasteiger charge is 1.96. The molecule has 0 atom stereocenters. The van der Waals surface area contributed by atoms with E-state index in [0.29, 0.717) is 13.2 Å². The van der Waals surface area contributed by atoms with Gasteiger partial charge in [0, 0.05) is 13.2 Å². The number of rotatable bonds is 3. The van der Waals surface area contributed by atoms with E-state index >= 15 is 0 Å². The van der Waals surface area contributed by atoms with Crippen LogP contribution < -0.4 is 5.56 Å². The molecule has 0 aliphatic carbocycles.